The predicted octanol–water partition coefficient (Wildman–Crippen LogP) is 3.10. The highest BCUT2D eigenvalue weighted by molar-refractivity contribution is 5.92. The molecule has 1 N–H and O–H groups in total. The Bertz CT molecular complexity index is 756. The first-order valence-electron chi connectivity index (χ1n) is 7.25. The highest BCUT2D eigenvalue weighted by atomic mass is 19.4. The normalized spacial score (nSPS) is 15.7. The lowest BCUT2D eigenvalue weighted by molar-refractivity contribution is -0.274. The van der Waals surface area contributed by atoms with Crippen LogP contribution in [0, 0.1) is 6.92 Å². The van der Waals surface area contributed by atoms with E-state index in [1.54, 1.807) is 13.0 Å². The molecule has 1 amide bonds. The fraction of sp³-hybridized carbons (Fsp3) is 0.312. The van der Waals surface area contributed by atoms with Crippen LogP contribution >= 0.6 is 0 Å². The first-order chi connectivity index (χ1) is 11.3. The molecule has 1 saturated carbocycles. The van der Waals surface area contributed by atoms with Gasteiger partial charge in [0.05, 0.1) is 17.4 Å². The summed E-state index contributed by atoms with van der Waals surface area (Å²) in [6.45, 7) is 1.75. The molecule has 1 aromatic carbocycles. The number of hydrogen-bond acceptors (Lipinski definition) is 4. The topological polar surface area (TPSA) is 64.1 Å². The van der Waals surface area contributed by atoms with Crippen molar-refractivity contribution in [2.24, 2.45) is 0 Å². The fourth-order valence-electron chi connectivity index (χ4n) is 2.39. The van der Waals surface area contributed by atoms with Crippen molar-refractivity contribution in [2.75, 3.05) is 0 Å². The maximum Gasteiger partial charge on any atom is 0.573 e. The Balaban J connectivity index is 1.77. The molecule has 0 atom stereocenters. The van der Waals surface area contributed by atoms with E-state index in [1.807, 2.05) is 0 Å². The maximum absolute atomic E-state index is 12.3. The van der Waals surface area contributed by atoms with Crippen LogP contribution in [-0.2, 0) is 5.54 Å². The van der Waals surface area contributed by atoms with Crippen molar-refractivity contribution >= 4 is 5.91 Å². The number of carbonyl (C=O) groups is 1. The Hall–Kier alpha value is -2.64. The molecule has 0 saturated heterocycles. The summed E-state index contributed by atoms with van der Waals surface area (Å²) in [5, 5.41) is 2.83. The summed E-state index contributed by atoms with van der Waals surface area (Å²) >= 11 is 0. The van der Waals surface area contributed by atoms with Crippen LogP contribution in [0.4, 0.5) is 13.2 Å². The molecule has 0 aliphatic heterocycles. The summed E-state index contributed by atoms with van der Waals surface area (Å²) in [6.07, 6.45) is -0.646. The molecule has 2 aromatic rings. The van der Waals surface area contributed by atoms with E-state index >= 15 is 0 Å². The SMILES string of the molecule is Cc1cnc(C(=O)NC2(c3cccc(OC(F)(F)F)c3)CC2)cn1. The molecule has 5 nitrogen and oxygen atoms in total. The van der Waals surface area contributed by atoms with Gasteiger partial charge in [-0.15, -0.1) is 13.2 Å². The third kappa shape index (κ3) is 3.64. The van der Waals surface area contributed by atoms with Gasteiger partial charge in [0.2, 0.25) is 0 Å². The number of rotatable bonds is 4. The average molecular weight is 337 g/mol. The lowest BCUT2D eigenvalue weighted by Crippen LogP contribution is -2.35. The summed E-state index contributed by atoms with van der Waals surface area (Å²) in [4.78, 5) is 20.3. The van der Waals surface area contributed by atoms with Crippen molar-refractivity contribution in [3.8, 4) is 5.75 Å². The van der Waals surface area contributed by atoms with E-state index in [-0.39, 0.29) is 11.4 Å². The summed E-state index contributed by atoms with van der Waals surface area (Å²) in [6, 6.07) is 5.65. The van der Waals surface area contributed by atoms with E-state index in [0.29, 0.717) is 24.1 Å². The van der Waals surface area contributed by atoms with Gasteiger partial charge in [0, 0.05) is 6.20 Å². The number of benzene rings is 1. The molecule has 8 heteroatoms. The zero-order valence-corrected chi connectivity index (χ0v) is 12.7. The molecule has 0 radical (unpaired) electrons. The van der Waals surface area contributed by atoms with E-state index < -0.39 is 17.8 Å². The Kier molecular flexibility index (Phi) is 3.90. The lowest BCUT2D eigenvalue weighted by atomic mass is 10.0. The average Bonchev–Trinajstić information content (AvgIpc) is 3.27. The Morgan fingerprint density at radius 2 is 2.00 bits per heavy atom. The van der Waals surface area contributed by atoms with Crippen molar-refractivity contribution < 1.29 is 22.7 Å². The molecule has 0 spiro atoms. The minimum Gasteiger partial charge on any atom is -0.406 e. The minimum absolute atomic E-state index is 0.162. The summed E-state index contributed by atoms with van der Waals surface area (Å²) < 4.78 is 41.0. The number of alkyl halides is 3. The number of ether oxygens (including phenoxy) is 1. The first-order valence-corrected chi connectivity index (χ1v) is 7.25. The molecular weight excluding hydrogens is 323 g/mol. The van der Waals surface area contributed by atoms with Crippen LogP contribution in [0.1, 0.15) is 34.6 Å². The van der Waals surface area contributed by atoms with Crippen molar-refractivity contribution in [3.05, 3.63) is 53.6 Å². The molecule has 1 heterocycles. The number of halogens is 3. The fourth-order valence-corrected chi connectivity index (χ4v) is 2.39. The smallest absolute Gasteiger partial charge is 0.406 e. The van der Waals surface area contributed by atoms with Gasteiger partial charge in [-0.3, -0.25) is 9.78 Å². The molecular formula is C16H14F3N3O2. The largest absolute Gasteiger partial charge is 0.573 e. The molecule has 24 heavy (non-hydrogen) atoms. The molecule has 126 valence electrons. The molecule has 3 rings (SSSR count). The minimum atomic E-state index is -4.75. The van der Waals surface area contributed by atoms with Gasteiger partial charge in [-0.25, -0.2) is 4.98 Å². The standard InChI is InChI=1S/C16H14F3N3O2/c1-10-8-21-13(9-20-10)14(23)22-15(5-6-15)11-3-2-4-12(7-11)24-16(17,18)19/h2-4,7-9H,5-6H2,1H3,(H,22,23). The second-order valence-corrected chi connectivity index (χ2v) is 5.65. The molecule has 1 aromatic heterocycles. The molecule has 1 aliphatic carbocycles. The van der Waals surface area contributed by atoms with E-state index in [0.717, 1.165) is 0 Å². The van der Waals surface area contributed by atoms with Crippen molar-refractivity contribution in [1.82, 2.24) is 15.3 Å². The molecule has 1 fully saturated rings. The van der Waals surface area contributed by atoms with Crippen LogP contribution in [0.25, 0.3) is 0 Å². The Morgan fingerprint density at radius 3 is 2.58 bits per heavy atom. The molecule has 0 unspecified atom stereocenters. The molecule has 1 aliphatic rings. The van der Waals surface area contributed by atoms with Crippen LogP contribution < -0.4 is 10.1 Å². The number of aromatic nitrogens is 2. The van der Waals surface area contributed by atoms with Crippen molar-refractivity contribution in [1.29, 1.82) is 0 Å². The van der Waals surface area contributed by atoms with Gasteiger partial charge < -0.3 is 10.1 Å². The summed E-state index contributed by atoms with van der Waals surface area (Å²) in [5.74, 6) is -0.724. The number of nitrogens with one attached hydrogen (secondary N) is 1. The van der Waals surface area contributed by atoms with Gasteiger partial charge in [0.25, 0.3) is 5.91 Å². The zero-order valence-electron chi connectivity index (χ0n) is 12.7. The number of aryl methyl sites for hydroxylation is 1. The van der Waals surface area contributed by atoms with Gasteiger partial charge in [-0.05, 0) is 37.5 Å². The van der Waals surface area contributed by atoms with E-state index in [2.05, 4.69) is 20.0 Å². The number of nitrogens with zero attached hydrogens (tertiary/aromatic N) is 2. The monoisotopic (exact) mass is 337 g/mol. The van der Waals surface area contributed by atoms with Crippen LogP contribution in [0.3, 0.4) is 0 Å². The van der Waals surface area contributed by atoms with Crippen molar-refractivity contribution in [3.63, 3.8) is 0 Å². The van der Waals surface area contributed by atoms with Crippen LogP contribution in [-0.4, -0.2) is 22.2 Å². The van der Waals surface area contributed by atoms with Gasteiger partial charge in [-0.2, -0.15) is 0 Å². The quantitative estimate of drug-likeness (QED) is 0.931. The lowest BCUT2D eigenvalue weighted by Gasteiger charge is -2.19. The van der Waals surface area contributed by atoms with E-state index in [1.165, 1.54) is 30.6 Å². The van der Waals surface area contributed by atoms with Gasteiger partial charge in [-0.1, -0.05) is 12.1 Å². The molecule has 0 bridgehead atoms. The third-order valence-corrected chi connectivity index (χ3v) is 3.74. The van der Waals surface area contributed by atoms with E-state index in [4.69, 9.17) is 0 Å². The highest BCUT2D eigenvalue weighted by Gasteiger charge is 2.46. The number of amides is 1. The van der Waals surface area contributed by atoms with Crippen molar-refractivity contribution in [2.45, 2.75) is 31.7 Å². The second-order valence-electron chi connectivity index (χ2n) is 5.65. The van der Waals surface area contributed by atoms with Crippen LogP contribution in [0.2, 0.25) is 0 Å². The Morgan fingerprint density at radius 1 is 1.25 bits per heavy atom. The summed E-state index contributed by atoms with van der Waals surface area (Å²) in [5.41, 5.74) is 0.728. The predicted molar refractivity (Wildman–Crippen MR) is 78.3 cm³/mol. The van der Waals surface area contributed by atoms with Crippen LogP contribution in [0.15, 0.2) is 36.7 Å². The highest BCUT2D eigenvalue weighted by Crippen LogP contribution is 2.46. The third-order valence-electron chi connectivity index (χ3n) is 3.74. The van der Waals surface area contributed by atoms with E-state index in [9.17, 15) is 18.0 Å². The number of carbonyl (C=O) groups excluding carboxylic acids is 1. The number of hydrogen-bond donors (Lipinski definition) is 1. The van der Waals surface area contributed by atoms with Gasteiger partial charge in [0.1, 0.15) is 11.4 Å². The Labute approximate surface area is 135 Å². The van der Waals surface area contributed by atoms with Gasteiger partial charge in [0.15, 0.2) is 0 Å². The van der Waals surface area contributed by atoms with Gasteiger partial charge >= 0.3 is 6.36 Å². The maximum atomic E-state index is 12.3. The first kappa shape index (κ1) is 16.2. The zero-order chi connectivity index (χ0) is 17.4. The summed E-state index contributed by atoms with van der Waals surface area (Å²) in [7, 11) is 0. The van der Waals surface area contributed by atoms with Crippen LogP contribution in [0.5, 0.6) is 5.75 Å². The second kappa shape index (κ2) is 5.77.